The normalized spacial score (nSPS) is 10.3. The van der Waals surface area contributed by atoms with Crippen LogP contribution in [0, 0.1) is 0 Å². The van der Waals surface area contributed by atoms with Gasteiger partial charge in [-0.15, -0.1) is 17.7 Å². The molecule has 0 radical (unpaired) electrons. The average molecular weight is 229 g/mol. The molecule has 6 nitrogen and oxygen atoms in total. The molecule has 0 saturated heterocycles. The molecule has 0 aromatic carbocycles. The van der Waals surface area contributed by atoms with Crippen LogP contribution < -0.4 is 0 Å². The summed E-state index contributed by atoms with van der Waals surface area (Å²) in [6.45, 7) is 3.00. The highest BCUT2D eigenvalue weighted by Crippen LogP contribution is 1.99. The van der Waals surface area contributed by atoms with Crippen molar-refractivity contribution >= 4 is 18.5 Å². The van der Waals surface area contributed by atoms with Crippen LogP contribution in [0.25, 0.3) is 0 Å². The van der Waals surface area contributed by atoms with Crippen LogP contribution in [0.4, 0.5) is 0 Å². The summed E-state index contributed by atoms with van der Waals surface area (Å²) in [4.78, 5) is 13.3. The molecular weight excluding hydrogens is 214 g/mol. The second kappa shape index (κ2) is 5.69. The van der Waals surface area contributed by atoms with Gasteiger partial charge in [0.1, 0.15) is 6.54 Å². The van der Waals surface area contributed by atoms with Crippen LogP contribution in [-0.2, 0) is 11.3 Å². The number of carbonyl (C=O) groups is 1. The molecule has 0 aliphatic heterocycles. The number of tetrazole rings is 1. The highest BCUT2D eigenvalue weighted by atomic mass is 32.1. The number of nitrogens with zero attached hydrogens (tertiary/aromatic N) is 5. The van der Waals surface area contributed by atoms with Gasteiger partial charge in [0, 0.05) is 13.6 Å². The van der Waals surface area contributed by atoms with E-state index in [4.69, 9.17) is 0 Å². The first-order valence-electron chi connectivity index (χ1n) is 4.84. The molecule has 0 N–H and O–H groups in total. The molecular formula is C8H15N5OS. The van der Waals surface area contributed by atoms with Gasteiger partial charge in [0.05, 0.1) is 0 Å². The largest absolute Gasteiger partial charge is 0.344 e. The van der Waals surface area contributed by atoms with Crippen molar-refractivity contribution in [2.75, 3.05) is 13.6 Å². The van der Waals surface area contributed by atoms with Crippen molar-refractivity contribution in [2.45, 2.75) is 31.5 Å². The molecule has 0 fully saturated rings. The molecule has 1 heterocycles. The van der Waals surface area contributed by atoms with Crippen molar-refractivity contribution in [2.24, 2.45) is 0 Å². The Labute approximate surface area is 94.0 Å². The third-order valence-corrected chi connectivity index (χ3v) is 2.39. The van der Waals surface area contributed by atoms with E-state index in [9.17, 15) is 4.79 Å². The number of carbonyl (C=O) groups excluding carboxylic acids is 1. The van der Waals surface area contributed by atoms with E-state index >= 15 is 0 Å². The van der Waals surface area contributed by atoms with Crippen LogP contribution in [0.1, 0.15) is 19.8 Å². The van der Waals surface area contributed by atoms with Gasteiger partial charge in [-0.1, -0.05) is 13.3 Å². The zero-order valence-electron chi connectivity index (χ0n) is 8.92. The molecule has 0 saturated carbocycles. The summed E-state index contributed by atoms with van der Waals surface area (Å²) in [6, 6.07) is 0. The lowest BCUT2D eigenvalue weighted by Crippen LogP contribution is -2.31. The van der Waals surface area contributed by atoms with Crippen LogP contribution in [-0.4, -0.2) is 44.6 Å². The van der Waals surface area contributed by atoms with Crippen molar-refractivity contribution in [3.8, 4) is 0 Å². The van der Waals surface area contributed by atoms with Gasteiger partial charge in [0.25, 0.3) is 0 Å². The molecule has 1 rings (SSSR count). The predicted octanol–water partition coefficient (Wildman–Crippen LogP) is 0.220. The van der Waals surface area contributed by atoms with Crippen LogP contribution in [0.3, 0.4) is 0 Å². The van der Waals surface area contributed by atoms with E-state index in [1.165, 1.54) is 4.68 Å². The fraction of sp³-hybridized carbons (Fsp3) is 0.750. The van der Waals surface area contributed by atoms with E-state index in [-0.39, 0.29) is 12.5 Å². The SMILES string of the molecule is CCCCN(C)C(=O)Cn1nnnc1S. The number of unbranched alkanes of at least 4 members (excludes halogenated alkanes) is 1. The number of hydrogen-bond donors (Lipinski definition) is 1. The van der Waals surface area contributed by atoms with E-state index < -0.39 is 0 Å². The van der Waals surface area contributed by atoms with Crippen molar-refractivity contribution < 1.29 is 4.79 Å². The lowest BCUT2D eigenvalue weighted by Gasteiger charge is -2.16. The molecule has 1 amide bonds. The maximum Gasteiger partial charge on any atom is 0.244 e. The topological polar surface area (TPSA) is 63.9 Å². The Morgan fingerprint density at radius 3 is 2.87 bits per heavy atom. The van der Waals surface area contributed by atoms with Gasteiger partial charge in [-0.25, -0.2) is 4.68 Å². The number of rotatable bonds is 5. The van der Waals surface area contributed by atoms with Crippen LogP contribution in [0.15, 0.2) is 5.16 Å². The Balaban J connectivity index is 2.45. The van der Waals surface area contributed by atoms with Crippen LogP contribution in [0.5, 0.6) is 0 Å². The summed E-state index contributed by atoms with van der Waals surface area (Å²) in [6.07, 6.45) is 2.08. The van der Waals surface area contributed by atoms with Crippen LogP contribution >= 0.6 is 12.6 Å². The van der Waals surface area contributed by atoms with Crippen molar-refractivity contribution in [3.63, 3.8) is 0 Å². The summed E-state index contributed by atoms with van der Waals surface area (Å²) < 4.78 is 1.37. The van der Waals surface area contributed by atoms with E-state index in [0.717, 1.165) is 19.4 Å². The summed E-state index contributed by atoms with van der Waals surface area (Å²) in [5.41, 5.74) is 0. The third kappa shape index (κ3) is 3.50. The monoisotopic (exact) mass is 229 g/mol. The molecule has 0 spiro atoms. The van der Waals surface area contributed by atoms with E-state index in [1.807, 2.05) is 0 Å². The molecule has 1 aromatic heterocycles. The lowest BCUT2D eigenvalue weighted by molar-refractivity contribution is -0.130. The smallest absolute Gasteiger partial charge is 0.244 e. The summed E-state index contributed by atoms with van der Waals surface area (Å²) >= 11 is 4.02. The van der Waals surface area contributed by atoms with E-state index in [0.29, 0.717) is 5.16 Å². The zero-order valence-corrected chi connectivity index (χ0v) is 9.81. The molecule has 0 unspecified atom stereocenters. The van der Waals surface area contributed by atoms with Gasteiger partial charge in [0.15, 0.2) is 0 Å². The Bertz CT molecular complexity index is 327. The number of thiol groups is 1. The summed E-state index contributed by atoms with van der Waals surface area (Å²) in [7, 11) is 1.78. The van der Waals surface area contributed by atoms with Crippen molar-refractivity contribution in [1.29, 1.82) is 0 Å². The van der Waals surface area contributed by atoms with Gasteiger partial charge in [-0.3, -0.25) is 4.79 Å². The van der Waals surface area contributed by atoms with E-state index in [2.05, 4.69) is 35.1 Å². The van der Waals surface area contributed by atoms with Gasteiger partial charge in [0.2, 0.25) is 11.1 Å². The second-order valence-corrected chi connectivity index (χ2v) is 3.71. The fourth-order valence-electron chi connectivity index (χ4n) is 1.07. The zero-order chi connectivity index (χ0) is 11.3. The minimum absolute atomic E-state index is 0.00829. The molecule has 0 atom stereocenters. The Morgan fingerprint density at radius 1 is 1.60 bits per heavy atom. The Kier molecular flexibility index (Phi) is 4.54. The standard InChI is InChI=1S/C8H15N5OS/c1-3-4-5-12(2)7(14)6-13-8(15)9-10-11-13/h3-6H2,1-2H3,(H,9,11,15). The second-order valence-electron chi connectivity index (χ2n) is 3.31. The number of amides is 1. The van der Waals surface area contributed by atoms with Crippen molar-refractivity contribution in [1.82, 2.24) is 25.1 Å². The van der Waals surface area contributed by atoms with Crippen molar-refractivity contribution in [3.05, 3.63) is 0 Å². The molecule has 15 heavy (non-hydrogen) atoms. The number of aromatic nitrogens is 4. The Morgan fingerprint density at radius 2 is 2.33 bits per heavy atom. The molecule has 1 aromatic rings. The first-order chi connectivity index (χ1) is 7.15. The first kappa shape index (κ1) is 12.0. The van der Waals surface area contributed by atoms with Gasteiger partial charge >= 0.3 is 0 Å². The average Bonchev–Trinajstić information content (AvgIpc) is 2.61. The molecule has 7 heteroatoms. The van der Waals surface area contributed by atoms with E-state index in [1.54, 1.807) is 11.9 Å². The molecule has 84 valence electrons. The minimum Gasteiger partial charge on any atom is -0.344 e. The highest BCUT2D eigenvalue weighted by Gasteiger charge is 2.11. The Hall–Kier alpha value is -1.11. The minimum atomic E-state index is -0.00829. The predicted molar refractivity (Wildman–Crippen MR) is 57.6 cm³/mol. The number of likely N-dealkylation sites (N-methyl/N-ethyl adjacent to an activating group) is 1. The van der Waals surface area contributed by atoms with Gasteiger partial charge < -0.3 is 4.90 Å². The molecule has 0 aliphatic carbocycles. The molecule has 0 bridgehead atoms. The number of hydrogen-bond acceptors (Lipinski definition) is 5. The summed E-state index contributed by atoms with van der Waals surface area (Å²) in [5.74, 6) is -0.00829. The van der Waals surface area contributed by atoms with Crippen LogP contribution in [0.2, 0.25) is 0 Å². The highest BCUT2D eigenvalue weighted by molar-refractivity contribution is 7.80. The van der Waals surface area contributed by atoms with Gasteiger partial charge in [-0.2, -0.15) is 0 Å². The maximum atomic E-state index is 11.6. The fourth-order valence-corrected chi connectivity index (χ4v) is 1.22. The maximum absolute atomic E-state index is 11.6. The lowest BCUT2D eigenvalue weighted by atomic mass is 10.3. The third-order valence-electron chi connectivity index (χ3n) is 2.07. The summed E-state index contributed by atoms with van der Waals surface area (Å²) in [5, 5.41) is 11.0. The quantitative estimate of drug-likeness (QED) is 0.734. The van der Waals surface area contributed by atoms with Gasteiger partial charge in [-0.05, 0) is 16.8 Å². The molecule has 0 aliphatic rings. The first-order valence-corrected chi connectivity index (χ1v) is 5.29.